The third-order valence-electron chi connectivity index (χ3n) is 4.14. The van der Waals surface area contributed by atoms with E-state index in [4.69, 9.17) is 11.6 Å². The van der Waals surface area contributed by atoms with Crippen LogP contribution in [0.5, 0.6) is 0 Å². The second-order valence-electron chi connectivity index (χ2n) is 5.42. The third-order valence-corrected chi connectivity index (χ3v) is 5.06. The minimum absolute atomic E-state index is 0.188. The second kappa shape index (κ2) is 6.47. The molecule has 2 unspecified atom stereocenters. The van der Waals surface area contributed by atoms with Crippen molar-refractivity contribution < 1.29 is 4.39 Å². The fourth-order valence-corrected chi connectivity index (χ4v) is 4.07. The number of hydrogen-bond acceptors (Lipinski definition) is 1. The monoisotopic (exact) mass is 367 g/mol. The zero-order valence-corrected chi connectivity index (χ0v) is 13.8. The minimum atomic E-state index is -0.188. The van der Waals surface area contributed by atoms with Gasteiger partial charge in [-0.2, -0.15) is 0 Å². The van der Waals surface area contributed by atoms with Crippen molar-refractivity contribution in [3.63, 3.8) is 0 Å². The molecule has 2 aromatic rings. The number of halogens is 3. The zero-order valence-electron chi connectivity index (χ0n) is 11.5. The summed E-state index contributed by atoms with van der Waals surface area (Å²) in [5.41, 5.74) is 2.45. The van der Waals surface area contributed by atoms with E-state index in [1.807, 2.05) is 24.3 Å². The number of rotatable bonds is 2. The lowest BCUT2D eigenvalue weighted by molar-refractivity contribution is 0.403. The number of benzene rings is 2. The molecule has 3 rings (SSSR count). The molecule has 1 heterocycles. The lowest BCUT2D eigenvalue weighted by atomic mass is 9.77. The van der Waals surface area contributed by atoms with Gasteiger partial charge in [-0.05, 0) is 54.3 Å². The lowest BCUT2D eigenvalue weighted by Crippen LogP contribution is -2.34. The Morgan fingerprint density at radius 3 is 2.57 bits per heavy atom. The van der Waals surface area contributed by atoms with E-state index in [-0.39, 0.29) is 5.82 Å². The number of hydrogen-bond donors (Lipinski definition) is 1. The first-order chi connectivity index (χ1) is 10.1. The van der Waals surface area contributed by atoms with Gasteiger partial charge in [0, 0.05) is 22.0 Å². The van der Waals surface area contributed by atoms with Crippen LogP contribution in [0.25, 0.3) is 0 Å². The largest absolute Gasteiger partial charge is 0.316 e. The molecule has 1 saturated heterocycles. The smallest absolute Gasteiger partial charge is 0.123 e. The van der Waals surface area contributed by atoms with Crippen molar-refractivity contribution >= 4 is 27.5 Å². The van der Waals surface area contributed by atoms with Crippen LogP contribution in [0.4, 0.5) is 4.39 Å². The Labute approximate surface area is 137 Å². The highest BCUT2D eigenvalue weighted by atomic mass is 79.9. The van der Waals surface area contributed by atoms with Crippen molar-refractivity contribution in [3.05, 3.63) is 68.9 Å². The Bertz CT molecular complexity index is 629. The molecule has 0 spiro atoms. The second-order valence-corrected chi connectivity index (χ2v) is 6.71. The normalized spacial score (nSPS) is 22.2. The Balaban J connectivity index is 1.96. The summed E-state index contributed by atoms with van der Waals surface area (Å²) in [5.74, 6) is 0.562. The zero-order chi connectivity index (χ0) is 14.8. The molecule has 0 amide bonds. The molecule has 0 aliphatic carbocycles. The van der Waals surface area contributed by atoms with Gasteiger partial charge in [-0.25, -0.2) is 4.39 Å². The van der Waals surface area contributed by atoms with Crippen LogP contribution in [-0.2, 0) is 0 Å². The Hall–Kier alpha value is -0.900. The molecular weight excluding hydrogens is 353 g/mol. The van der Waals surface area contributed by atoms with Crippen molar-refractivity contribution in [2.45, 2.75) is 18.3 Å². The average Bonchev–Trinajstić information content (AvgIpc) is 2.48. The van der Waals surface area contributed by atoms with Crippen molar-refractivity contribution in [3.8, 4) is 0 Å². The molecule has 1 aliphatic heterocycles. The molecule has 0 saturated carbocycles. The molecule has 1 aliphatic rings. The van der Waals surface area contributed by atoms with Crippen LogP contribution in [0.2, 0.25) is 5.02 Å². The molecule has 0 bridgehead atoms. The fraction of sp³-hybridized carbons (Fsp3) is 0.294. The van der Waals surface area contributed by atoms with Gasteiger partial charge in [-0.1, -0.05) is 45.7 Å². The van der Waals surface area contributed by atoms with Crippen molar-refractivity contribution in [1.82, 2.24) is 5.32 Å². The molecule has 1 fully saturated rings. The predicted octanol–water partition coefficient (Wildman–Crippen LogP) is 5.10. The molecule has 4 heteroatoms. The SMILES string of the molecule is Fc1ccc(C2CNCCC2c2ccc(Cl)cc2Br)cc1. The van der Waals surface area contributed by atoms with Crippen LogP contribution in [0.1, 0.15) is 29.4 Å². The molecule has 0 aromatic heterocycles. The molecule has 2 atom stereocenters. The van der Waals surface area contributed by atoms with Crippen molar-refractivity contribution in [1.29, 1.82) is 0 Å². The van der Waals surface area contributed by atoms with Crippen LogP contribution in [-0.4, -0.2) is 13.1 Å². The van der Waals surface area contributed by atoms with E-state index in [0.717, 1.165) is 29.0 Å². The quantitative estimate of drug-likeness (QED) is 0.777. The molecular formula is C17H16BrClFN. The van der Waals surface area contributed by atoms with Gasteiger partial charge in [0.25, 0.3) is 0 Å². The van der Waals surface area contributed by atoms with Crippen LogP contribution < -0.4 is 5.32 Å². The first kappa shape index (κ1) is 15.0. The maximum atomic E-state index is 13.1. The van der Waals surface area contributed by atoms with E-state index in [0.29, 0.717) is 11.8 Å². The summed E-state index contributed by atoms with van der Waals surface area (Å²) in [4.78, 5) is 0. The Kier molecular flexibility index (Phi) is 4.63. The van der Waals surface area contributed by atoms with E-state index in [9.17, 15) is 4.39 Å². The third kappa shape index (κ3) is 3.31. The van der Waals surface area contributed by atoms with Gasteiger partial charge in [0.05, 0.1) is 0 Å². The van der Waals surface area contributed by atoms with Crippen molar-refractivity contribution in [2.24, 2.45) is 0 Å². The van der Waals surface area contributed by atoms with Gasteiger partial charge in [0.1, 0.15) is 5.82 Å². The molecule has 21 heavy (non-hydrogen) atoms. The van der Waals surface area contributed by atoms with E-state index in [2.05, 4.69) is 27.3 Å². The van der Waals surface area contributed by atoms with Gasteiger partial charge in [-0.15, -0.1) is 0 Å². The van der Waals surface area contributed by atoms with E-state index in [1.54, 1.807) is 0 Å². The van der Waals surface area contributed by atoms with Gasteiger partial charge >= 0.3 is 0 Å². The summed E-state index contributed by atoms with van der Waals surface area (Å²) in [7, 11) is 0. The Morgan fingerprint density at radius 1 is 1.10 bits per heavy atom. The Morgan fingerprint density at radius 2 is 1.86 bits per heavy atom. The summed E-state index contributed by atoms with van der Waals surface area (Å²) < 4.78 is 14.2. The molecule has 1 N–H and O–H groups in total. The average molecular weight is 369 g/mol. The lowest BCUT2D eigenvalue weighted by Gasteiger charge is -2.33. The van der Waals surface area contributed by atoms with Crippen LogP contribution >= 0.6 is 27.5 Å². The van der Waals surface area contributed by atoms with Crippen LogP contribution in [0.15, 0.2) is 46.9 Å². The minimum Gasteiger partial charge on any atom is -0.316 e. The number of piperidine rings is 1. The van der Waals surface area contributed by atoms with Gasteiger partial charge in [-0.3, -0.25) is 0 Å². The van der Waals surface area contributed by atoms with Crippen LogP contribution in [0.3, 0.4) is 0 Å². The van der Waals surface area contributed by atoms with Gasteiger partial charge in [0.15, 0.2) is 0 Å². The molecule has 1 nitrogen and oxygen atoms in total. The standard InChI is InChI=1S/C17H16BrClFN/c18-17-9-12(19)3-6-15(17)14-7-8-21-10-16(14)11-1-4-13(20)5-2-11/h1-6,9,14,16,21H,7-8,10H2. The highest BCUT2D eigenvalue weighted by Crippen LogP contribution is 2.40. The van der Waals surface area contributed by atoms with E-state index in [1.165, 1.54) is 23.3 Å². The maximum absolute atomic E-state index is 13.1. The first-order valence-electron chi connectivity index (χ1n) is 7.06. The molecule has 2 aromatic carbocycles. The predicted molar refractivity (Wildman–Crippen MR) is 88.5 cm³/mol. The van der Waals surface area contributed by atoms with E-state index < -0.39 is 0 Å². The molecule has 110 valence electrons. The highest BCUT2D eigenvalue weighted by Gasteiger charge is 2.29. The summed E-state index contributed by atoms with van der Waals surface area (Å²) in [6.45, 7) is 1.91. The topological polar surface area (TPSA) is 12.0 Å². The number of nitrogens with one attached hydrogen (secondary N) is 1. The summed E-state index contributed by atoms with van der Waals surface area (Å²) in [6.07, 6.45) is 1.06. The first-order valence-corrected chi connectivity index (χ1v) is 8.23. The fourth-order valence-electron chi connectivity index (χ4n) is 3.09. The highest BCUT2D eigenvalue weighted by molar-refractivity contribution is 9.10. The summed E-state index contributed by atoms with van der Waals surface area (Å²) in [6, 6.07) is 12.8. The van der Waals surface area contributed by atoms with Crippen LogP contribution in [0, 0.1) is 5.82 Å². The van der Waals surface area contributed by atoms with Gasteiger partial charge < -0.3 is 5.32 Å². The van der Waals surface area contributed by atoms with E-state index >= 15 is 0 Å². The summed E-state index contributed by atoms with van der Waals surface area (Å²) >= 11 is 9.67. The molecule has 0 radical (unpaired) electrons. The summed E-state index contributed by atoms with van der Waals surface area (Å²) in [5, 5.41) is 4.18. The maximum Gasteiger partial charge on any atom is 0.123 e. The van der Waals surface area contributed by atoms with Crippen molar-refractivity contribution in [2.75, 3.05) is 13.1 Å². The van der Waals surface area contributed by atoms with Gasteiger partial charge in [0.2, 0.25) is 0 Å².